The summed E-state index contributed by atoms with van der Waals surface area (Å²) >= 11 is 0. The Kier molecular flexibility index (Phi) is 8.03. The summed E-state index contributed by atoms with van der Waals surface area (Å²) in [5.41, 5.74) is 0. The quantitative estimate of drug-likeness (QED) is 0.258. The number of allylic oxidation sites excluding steroid dienone is 2. The van der Waals surface area contributed by atoms with Crippen LogP contribution >= 0.6 is 0 Å². The highest BCUT2D eigenvalue weighted by atomic mass is 16.4. The SMILES string of the molecule is CCCCCCCC=CC(O)=C(O)C(=O)O. The first-order chi connectivity index (χ1) is 7.59. The smallest absolute Gasteiger partial charge is 0.374 e. The number of hydrogen-bond donors (Lipinski definition) is 3. The van der Waals surface area contributed by atoms with Gasteiger partial charge in [0.2, 0.25) is 5.76 Å². The van der Waals surface area contributed by atoms with E-state index >= 15 is 0 Å². The van der Waals surface area contributed by atoms with Crippen LogP contribution in [0.4, 0.5) is 0 Å². The molecule has 3 N–H and O–H groups in total. The highest BCUT2D eigenvalue weighted by Crippen LogP contribution is 2.07. The molecule has 16 heavy (non-hydrogen) atoms. The van der Waals surface area contributed by atoms with Crippen molar-refractivity contribution < 1.29 is 20.1 Å². The lowest BCUT2D eigenvalue weighted by Gasteiger charge is -1.97. The summed E-state index contributed by atoms with van der Waals surface area (Å²) in [7, 11) is 0. The summed E-state index contributed by atoms with van der Waals surface area (Å²) in [5.74, 6) is -3.13. The Bertz CT molecular complexity index is 266. The van der Waals surface area contributed by atoms with Crippen LogP contribution in [0, 0.1) is 0 Å². The van der Waals surface area contributed by atoms with E-state index in [1.165, 1.54) is 25.3 Å². The van der Waals surface area contributed by atoms with Crippen LogP contribution in [0.3, 0.4) is 0 Å². The van der Waals surface area contributed by atoms with Crippen LogP contribution in [0.25, 0.3) is 0 Å². The summed E-state index contributed by atoms with van der Waals surface area (Å²) in [5, 5.41) is 26.3. The van der Waals surface area contributed by atoms with Gasteiger partial charge in [-0.15, -0.1) is 0 Å². The van der Waals surface area contributed by atoms with Crippen LogP contribution in [0.1, 0.15) is 45.4 Å². The Balaban J connectivity index is 3.76. The molecule has 0 unspecified atom stereocenters. The molecular formula is C12H20O4. The van der Waals surface area contributed by atoms with Gasteiger partial charge in [0.25, 0.3) is 0 Å². The average Bonchev–Trinajstić information content (AvgIpc) is 2.26. The van der Waals surface area contributed by atoms with E-state index in [9.17, 15) is 4.79 Å². The molecule has 4 nitrogen and oxygen atoms in total. The maximum absolute atomic E-state index is 10.2. The first-order valence-corrected chi connectivity index (χ1v) is 5.61. The molecule has 0 spiro atoms. The molecule has 0 aliphatic heterocycles. The molecule has 0 aromatic carbocycles. The zero-order valence-corrected chi connectivity index (χ0v) is 9.65. The summed E-state index contributed by atoms with van der Waals surface area (Å²) < 4.78 is 0. The van der Waals surface area contributed by atoms with Crippen LogP contribution in [-0.2, 0) is 4.79 Å². The lowest BCUT2D eigenvalue weighted by molar-refractivity contribution is -0.135. The van der Waals surface area contributed by atoms with Gasteiger partial charge in [-0.2, -0.15) is 0 Å². The Morgan fingerprint density at radius 3 is 2.25 bits per heavy atom. The van der Waals surface area contributed by atoms with E-state index in [0.29, 0.717) is 0 Å². The topological polar surface area (TPSA) is 77.8 Å². The van der Waals surface area contributed by atoms with Crippen molar-refractivity contribution in [3.8, 4) is 0 Å². The molecular weight excluding hydrogens is 208 g/mol. The minimum atomic E-state index is -1.52. The molecule has 0 amide bonds. The van der Waals surface area contributed by atoms with Gasteiger partial charge in [0.15, 0.2) is 5.76 Å². The second kappa shape index (κ2) is 8.83. The van der Waals surface area contributed by atoms with Crippen molar-refractivity contribution in [3.05, 3.63) is 23.7 Å². The van der Waals surface area contributed by atoms with Crippen molar-refractivity contribution in [1.29, 1.82) is 0 Å². The number of hydrogen-bond acceptors (Lipinski definition) is 3. The average molecular weight is 228 g/mol. The van der Waals surface area contributed by atoms with Gasteiger partial charge in [0, 0.05) is 0 Å². The van der Waals surface area contributed by atoms with Gasteiger partial charge in [-0.3, -0.25) is 0 Å². The van der Waals surface area contributed by atoms with E-state index < -0.39 is 17.5 Å². The number of carboxylic acids is 1. The molecule has 0 aromatic rings. The summed E-state index contributed by atoms with van der Waals surface area (Å²) in [6.07, 6.45) is 9.45. The van der Waals surface area contributed by atoms with Crippen molar-refractivity contribution in [1.82, 2.24) is 0 Å². The minimum Gasteiger partial charge on any atom is -0.504 e. The predicted octanol–water partition coefficient (Wildman–Crippen LogP) is 3.32. The standard InChI is InChI=1S/C12H20O4/c1-2-3-4-5-6-7-8-9-10(13)11(14)12(15)16/h8-9,13-14H,2-7H2,1H3,(H,15,16). The second-order valence-electron chi connectivity index (χ2n) is 3.64. The Hall–Kier alpha value is -1.45. The number of aliphatic hydroxyl groups excluding tert-OH is 2. The van der Waals surface area contributed by atoms with E-state index in [1.54, 1.807) is 6.08 Å². The number of carbonyl (C=O) groups is 1. The zero-order chi connectivity index (χ0) is 12.4. The Morgan fingerprint density at radius 2 is 1.69 bits per heavy atom. The molecule has 0 atom stereocenters. The van der Waals surface area contributed by atoms with Crippen LogP contribution in [-0.4, -0.2) is 21.3 Å². The molecule has 92 valence electrons. The lowest BCUT2D eigenvalue weighted by atomic mass is 10.1. The number of carboxylic acid groups (broad SMARTS) is 1. The summed E-state index contributed by atoms with van der Waals surface area (Å²) in [6, 6.07) is 0. The fourth-order valence-corrected chi connectivity index (χ4v) is 1.25. The highest BCUT2D eigenvalue weighted by molar-refractivity contribution is 5.84. The van der Waals surface area contributed by atoms with Crippen LogP contribution in [0.15, 0.2) is 23.7 Å². The van der Waals surface area contributed by atoms with E-state index in [-0.39, 0.29) is 0 Å². The maximum atomic E-state index is 10.2. The molecule has 0 aliphatic rings. The molecule has 0 fully saturated rings. The third-order valence-corrected chi connectivity index (χ3v) is 2.20. The molecule has 0 rings (SSSR count). The third-order valence-electron chi connectivity index (χ3n) is 2.20. The first-order valence-electron chi connectivity index (χ1n) is 5.61. The molecule has 0 saturated heterocycles. The number of rotatable bonds is 8. The van der Waals surface area contributed by atoms with E-state index in [1.807, 2.05) is 0 Å². The first kappa shape index (κ1) is 14.6. The lowest BCUT2D eigenvalue weighted by Crippen LogP contribution is -2.02. The fourth-order valence-electron chi connectivity index (χ4n) is 1.25. The van der Waals surface area contributed by atoms with E-state index in [0.717, 1.165) is 19.3 Å². The van der Waals surface area contributed by atoms with Gasteiger partial charge in [0.1, 0.15) is 0 Å². The normalized spacial score (nSPS) is 12.8. The summed E-state index contributed by atoms with van der Waals surface area (Å²) in [6.45, 7) is 2.15. The molecule has 0 bridgehead atoms. The molecule has 0 aromatic heterocycles. The predicted molar refractivity (Wildman–Crippen MR) is 62.4 cm³/mol. The van der Waals surface area contributed by atoms with Gasteiger partial charge in [-0.25, -0.2) is 4.79 Å². The van der Waals surface area contributed by atoms with Crippen LogP contribution < -0.4 is 0 Å². The van der Waals surface area contributed by atoms with Gasteiger partial charge >= 0.3 is 5.97 Å². The zero-order valence-electron chi connectivity index (χ0n) is 9.65. The van der Waals surface area contributed by atoms with Crippen molar-refractivity contribution in [2.45, 2.75) is 45.4 Å². The monoisotopic (exact) mass is 228 g/mol. The van der Waals surface area contributed by atoms with E-state index in [2.05, 4.69) is 6.92 Å². The molecule has 0 heterocycles. The Labute approximate surface area is 95.9 Å². The van der Waals surface area contributed by atoms with Crippen LogP contribution in [0.2, 0.25) is 0 Å². The van der Waals surface area contributed by atoms with Gasteiger partial charge in [-0.1, -0.05) is 38.7 Å². The van der Waals surface area contributed by atoms with Gasteiger partial charge < -0.3 is 15.3 Å². The summed E-state index contributed by atoms with van der Waals surface area (Å²) in [4.78, 5) is 10.2. The number of unbranched alkanes of at least 4 members (excludes halogenated alkanes) is 5. The Morgan fingerprint density at radius 1 is 1.06 bits per heavy atom. The molecule has 0 saturated carbocycles. The van der Waals surface area contributed by atoms with Crippen LogP contribution in [0.5, 0.6) is 0 Å². The van der Waals surface area contributed by atoms with Crippen molar-refractivity contribution in [3.63, 3.8) is 0 Å². The third kappa shape index (κ3) is 6.92. The molecule has 0 aliphatic carbocycles. The van der Waals surface area contributed by atoms with Crippen molar-refractivity contribution in [2.24, 2.45) is 0 Å². The largest absolute Gasteiger partial charge is 0.504 e. The van der Waals surface area contributed by atoms with Crippen molar-refractivity contribution in [2.75, 3.05) is 0 Å². The number of aliphatic carboxylic acids is 1. The minimum absolute atomic E-state index is 0.596. The van der Waals surface area contributed by atoms with E-state index in [4.69, 9.17) is 15.3 Å². The maximum Gasteiger partial charge on any atom is 0.374 e. The molecule has 0 radical (unpaired) electrons. The van der Waals surface area contributed by atoms with Gasteiger partial charge in [0.05, 0.1) is 0 Å². The second-order valence-corrected chi connectivity index (χ2v) is 3.64. The highest BCUT2D eigenvalue weighted by Gasteiger charge is 2.08. The van der Waals surface area contributed by atoms with Crippen molar-refractivity contribution >= 4 is 5.97 Å². The fraction of sp³-hybridized carbons (Fsp3) is 0.583. The molecule has 4 heteroatoms. The number of aliphatic hydroxyl groups is 2. The van der Waals surface area contributed by atoms with Gasteiger partial charge in [-0.05, 0) is 18.9 Å².